The number of rotatable bonds is 5. The normalized spacial score (nSPS) is 31.1. The minimum Gasteiger partial charge on any atom is -0.481 e. The summed E-state index contributed by atoms with van der Waals surface area (Å²) in [6.07, 6.45) is 6.59. The minimum absolute atomic E-state index is 0.176. The lowest BCUT2D eigenvalue weighted by Crippen LogP contribution is -2.27. The number of hydrogen-bond acceptors (Lipinski definition) is 2. The van der Waals surface area contributed by atoms with E-state index < -0.39 is 5.97 Å². The van der Waals surface area contributed by atoms with Gasteiger partial charge in [-0.2, -0.15) is 0 Å². The number of aliphatic carboxylic acids is 1. The van der Waals surface area contributed by atoms with E-state index in [1.54, 1.807) is 6.92 Å². The predicted molar refractivity (Wildman–Crippen MR) is 72.3 cm³/mol. The van der Waals surface area contributed by atoms with E-state index in [4.69, 9.17) is 5.11 Å². The Morgan fingerprint density at radius 1 is 1.44 bits per heavy atom. The molecule has 0 aromatic carbocycles. The molecule has 3 heteroatoms. The summed E-state index contributed by atoms with van der Waals surface area (Å²) in [5, 5.41) is 18.7. The Morgan fingerprint density at radius 3 is 2.67 bits per heavy atom. The molecule has 3 nitrogen and oxygen atoms in total. The van der Waals surface area contributed by atoms with E-state index in [-0.39, 0.29) is 12.0 Å². The standard InChI is InChI=1S/C15H26O3/c1-10(5-4-6-12(3)15(17)18)13-8-7-11(2)14(16)9-13/h5,11-14,16H,4,6-9H2,1-3H3,(H,17,18)/b10-5+/t11-,12-,13+,14-/m1/s1. The fourth-order valence-electron chi connectivity index (χ4n) is 2.56. The molecule has 4 atom stereocenters. The molecule has 0 aromatic heterocycles. The van der Waals surface area contributed by atoms with Crippen LogP contribution in [0, 0.1) is 17.8 Å². The molecule has 1 aliphatic rings. The van der Waals surface area contributed by atoms with Gasteiger partial charge in [-0.3, -0.25) is 4.79 Å². The fourth-order valence-corrected chi connectivity index (χ4v) is 2.56. The molecular formula is C15H26O3. The van der Waals surface area contributed by atoms with Crippen molar-refractivity contribution in [3.05, 3.63) is 11.6 Å². The van der Waals surface area contributed by atoms with Crippen molar-refractivity contribution >= 4 is 5.97 Å². The van der Waals surface area contributed by atoms with Gasteiger partial charge in [0.1, 0.15) is 0 Å². The van der Waals surface area contributed by atoms with Crippen LogP contribution in [-0.2, 0) is 4.79 Å². The Balaban J connectivity index is 2.39. The van der Waals surface area contributed by atoms with Gasteiger partial charge in [-0.05, 0) is 50.9 Å². The number of carboxylic acids is 1. The molecule has 0 unspecified atom stereocenters. The molecule has 0 spiro atoms. The molecule has 2 N–H and O–H groups in total. The smallest absolute Gasteiger partial charge is 0.306 e. The molecule has 1 rings (SSSR count). The first-order valence-corrected chi connectivity index (χ1v) is 6.99. The summed E-state index contributed by atoms with van der Waals surface area (Å²) in [6.45, 7) is 5.96. The van der Waals surface area contributed by atoms with Gasteiger partial charge in [0.25, 0.3) is 0 Å². The van der Waals surface area contributed by atoms with E-state index in [0.717, 1.165) is 25.7 Å². The number of carbonyl (C=O) groups is 1. The van der Waals surface area contributed by atoms with Crippen LogP contribution < -0.4 is 0 Å². The summed E-state index contributed by atoms with van der Waals surface area (Å²) in [7, 11) is 0. The molecule has 1 aliphatic carbocycles. The number of aliphatic hydroxyl groups is 1. The Hall–Kier alpha value is -0.830. The van der Waals surface area contributed by atoms with Crippen LogP contribution in [0.4, 0.5) is 0 Å². The second-order valence-corrected chi connectivity index (χ2v) is 5.82. The molecule has 1 saturated carbocycles. The van der Waals surface area contributed by atoms with Crippen molar-refractivity contribution in [3.8, 4) is 0 Å². The third kappa shape index (κ3) is 4.45. The summed E-state index contributed by atoms with van der Waals surface area (Å²) < 4.78 is 0. The summed E-state index contributed by atoms with van der Waals surface area (Å²) in [4.78, 5) is 10.7. The zero-order chi connectivity index (χ0) is 13.7. The van der Waals surface area contributed by atoms with Crippen LogP contribution in [0.1, 0.15) is 52.9 Å². The highest BCUT2D eigenvalue weighted by molar-refractivity contribution is 5.69. The summed E-state index contributed by atoms with van der Waals surface area (Å²) >= 11 is 0. The van der Waals surface area contributed by atoms with Gasteiger partial charge in [0.15, 0.2) is 0 Å². The quantitative estimate of drug-likeness (QED) is 0.741. The molecule has 0 aliphatic heterocycles. The first kappa shape index (κ1) is 15.2. The third-order valence-electron chi connectivity index (χ3n) is 4.28. The molecule has 0 heterocycles. The second kappa shape index (κ2) is 6.93. The fraction of sp³-hybridized carbons (Fsp3) is 0.800. The number of hydrogen-bond donors (Lipinski definition) is 2. The van der Waals surface area contributed by atoms with Crippen LogP contribution in [0.2, 0.25) is 0 Å². The molecule has 104 valence electrons. The van der Waals surface area contributed by atoms with E-state index in [1.165, 1.54) is 5.57 Å². The van der Waals surface area contributed by atoms with E-state index in [2.05, 4.69) is 19.9 Å². The van der Waals surface area contributed by atoms with Gasteiger partial charge in [-0.25, -0.2) is 0 Å². The van der Waals surface area contributed by atoms with Crippen LogP contribution in [-0.4, -0.2) is 22.3 Å². The van der Waals surface area contributed by atoms with Crippen molar-refractivity contribution in [2.75, 3.05) is 0 Å². The number of allylic oxidation sites excluding steroid dienone is 2. The molecule has 1 fully saturated rings. The van der Waals surface area contributed by atoms with Crippen molar-refractivity contribution in [3.63, 3.8) is 0 Å². The molecule has 0 saturated heterocycles. The topological polar surface area (TPSA) is 57.5 Å². The van der Waals surface area contributed by atoms with Crippen molar-refractivity contribution < 1.29 is 15.0 Å². The van der Waals surface area contributed by atoms with Gasteiger partial charge in [0.2, 0.25) is 0 Å². The lowest BCUT2D eigenvalue weighted by atomic mass is 9.77. The second-order valence-electron chi connectivity index (χ2n) is 5.82. The highest BCUT2D eigenvalue weighted by Gasteiger charge is 2.26. The number of carboxylic acid groups (broad SMARTS) is 1. The average molecular weight is 254 g/mol. The van der Waals surface area contributed by atoms with Gasteiger partial charge in [0, 0.05) is 0 Å². The minimum atomic E-state index is -0.719. The maximum Gasteiger partial charge on any atom is 0.306 e. The molecular weight excluding hydrogens is 228 g/mol. The van der Waals surface area contributed by atoms with Gasteiger partial charge >= 0.3 is 5.97 Å². The summed E-state index contributed by atoms with van der Waals surface area (Å²) in [5.41, 5.74) is 1.32. The zero-order valence-electron chi connectivity index (χ0n) is 11.7. The van der Waals surface area contributed by atoms with Crippen LogP contribution >= 0.6 is 0 Å². The molecule has 0 bridgehead atoms. The highest BCUT2D eigenvalue weighted by Crippen LogP contribution is 2.33. The molecule has 18 heavy (non-hydrogen) atoms. The van der Waals surface area contributed by atoms with Gasteiger partial charge in [-0.1, -0.05) is 25.5 Å². The van der Waals surface area contributed by atoms with Crippen molar-refractivity contribution in [2.45, 2.75) is 59.0 Å². The Morgan fingerprint density at radius 2 is 2.11 bits per heavy atom. The molecule has 0 aromatic rings. The van der Waals surface area contributed by atoms with Gasteiger partial charge in [-0.15, -0.1) is 0 Å². The first-order chi connectivity index (χ1) is 8.41. The Kier molecular flexibility index (Phi) is 5.86. The summed E-state index contributed by atoms with van der Waals surface area (Å²) in [5.74, 6) is -0.0913. The first-order valence-electron chi connectivity index (χ1n) is 6.99. The summed E-state index contributed by atoms with van der Waals surface area (Å²) in [6, 6.07) is 0. The van der Waals surface area contributed by atoms with E-state index in [9.17, 15) is 9.90 Å². The van der Waals surface area contributed by atoms with Gasteiger partial charge < -0.3 is 10.2 Å². The maximum atomic E-state index is 10.7. The van der Waals surface area contributed by atoms with E-state index in [1.807, 2.05) is 0 Å². The predicted octanol–water partition coefficient (Wildman–Crippen LogP) is 3.23. The van der Waals surface area contributed by atoms with Crippen molar-refractivity contribution in [1.29, 1.82) is 0 Å². The monoisotopic (exact) mass is 254 g/mol. The zero-order valence-corrected chi connectivity index (χ0v) is 11.7. The van der Waals surface area contributed by atoms with Gasteiger partial charge in [0.05, 0.1) is 12.0 Å². The molecule has 0 amide bonds. The SMILES string of the molecule is C/C(=C\CC[C@@H](C)C(=O)O)[C@H]1CC[C@@H](C)[C@H](O)C1. The van der Waals surface area contributed by atoms with Crippen LogP contribution in [0.3, 0.4) is 0 Å². The van der Waals surface area contributed by atoms with Crippen LogP contribution in [0.15, 0.2) is 11.6 Å². The van der Waals surface area contributed by atoms with Crippen molar-refractivity contribution in [2.24, 2.45) is 17.8 Å². The Labute approximate surface area is 110 Å². The molecule has 0 radical (unpaired) electrons. The maximum absolute atomic E-state index is 10.7. The third-order valence-corrected chi connectivity index (χ3v) is 4.28. The lowest BCUT2D eigenvalue weighted by molar-refractivity contribution is -0.141. The lowest BCUT2D eigenvalue weighted by Gasteiger charge is -2.31. The highest BCUT2D eigenvalue weighted by atomic mass is 16.4. The largest absolute Gasteiger partial charge is 0.481 e. The van der Waals surface area contributed by atoms with E-state index in [0.29, 0.717) is 18.3 Å². The van der Waals surface area contributed by atoms with Crippen LogP contribution in [0.5, 0.6) is 0 Å². The number of aliphatic hydroxyl groups excluding tert-OH is 1. The van der Waals surface area contributed by atoms with E-state index >= 15 is 0 Å². The Bertz CT molecular complexity index is 309. The van der Waals surface area contributed by atoms with Crippen molar-refractivity contribution in [1.82, 2.24) is 0 Å². The average Bonchev–Trinajstić information content (AvgIpc) is 2.32. The van der Waals surface area contributed by atoms with Crippen LogP contribution in [0.25, 0.3) is 0 Å².